The number of aryl methyl sites for hydroxylation is 1. The van der Waals surface area contributed by atoms with E-state index >= 15 is 0 Å². The largest absolute Gasteiger partial charge is 0.489 e. The number of ketones is 2. The predicted octanol–water partition coefficient (Wildman–Crippen LogP) is 6.55. The van der Waals surface area contributed by atoms with Gasteiger partial charge in [-0.3, -0.25) is 9.59 Å². The summed E-state index contributed by atoms with van der Waals surface area (Å²) >= 11 is 0. The first-order chi connectivity index (χ1) is 16.5. The summed E-state index contributed by atoms with van der Waals surface area (Å²) in [5.74, 6) is 0.773. The summed E-state index contributed by atoms with van der Waals surface area (Å²) in [6.45, 7) is 11.2. The molecule has 1 N–H and O–H groups in total. The van der Waals surface area contributed by atoms with Crippen LogP contribution in [0.25, 0.3) is 0 Å². The van der Waals surface area contributed by atoms with Crippen LogP contribution in [0, 0.1) is 17.8 Å². The van der Waals surface area contributed by atoms with Gasteiger partial charge in [0, 0.05) is 41.3 Å². The molecule has 1 aliphatic heterocycles. The molecule has 0 spiro atoms. The minimum Gasteiger partial charge on any atom is -0.489 e. The Balaban J connectivity index is 1.49. The average molecular weight is 470 g/mol. The van der Waals surface area contributed by atoms with Gasteiger partial charge in [0.1, 0.15) is 12.4 Å². The van der Waals surface area contributed by atoms with E-state index in [0.717, 1.165) is 52.3 Å². The summed E-state index contributed by atoms with van der Waals surface area (Å²) in [4.78, 5) is 26.9. The number of nitrogens with one attached hydrogen (secondary N) is 1. The highest BCUT2D eigenvalue weighted by molar-refractivity contribution is 6.06. The Morgan fingerprint density at radius 1 is 0.829 bits per heavy atom. The number of allylic oxidation sites excluding steroid dienone is 4. The molecule has 5 rings (SSSR count). The summed E-state index contributed by atoms with van der Waals surface area (Å²) in [7, 11) is 0. The first-order valence-electron chi connectivity index (χ1n) is 12.6. The zero-order chi connectivity index (χ0) is 25.0. The van der Waals surface area contributed by atoms with Crippen LogP contribution in [0.5, 0.6) is 5.75 Å². The van der Waals surface area contributed by atoms with Crippen molar-refractivity contribution in [2.24, 2.45) is 10.8 Å². The maximum Gasteiger partial charge on any atom is 0.162 e. The van der Waals surface area contributed by atoms with Crippen molar-refractivity contribution in [3.8, 4) is 5.75 Å². The van der Waals surface area contributed by atoms with Crippen molar-refractivity contribution in [3.05, 3.63) is 87.8 Å². The van der Waals surface area contributed by atoms with E-state index in [9.17, 15) is 9.59 Å². The maximum atomic E-state index is 13.4. The van der Waals surface area contributed by atoms with Gasteiger partial charge in [-0.25, -0.2) is 0 Å². The van der Waals surface area contributed by atoms with Gasteiger partial charge in [-0.05, 0) is 53.9 Å². The summed E-state index contributed by atoms with van der Waals surface area (Å²) < 4.78 is 6.03. The fourth-order valence-corrected chi connectivity index (χ4v) is 5.95. The number of carbonyl (C=O) groups is 2. The summed E-state index contributed by atoms with van der Waals surface area (Å²) in [6.07, 6.45) is 2.63. The summed E-state index contributed by atoms with van der Waals surface area (Å²) in [5.41, 5.74) is 6.70. The van der Waals surface area contributed by atoms with Gasteiger partial charge in [0.25, 0.3) is 0 Å². The third-order valence-corrected chi connectivity index (χ3v) is 7.42. The molecule has 0 amide bonds. The highest BCUT2D eigenvalue weighted by atomic mass is 16.5. The van der Waals surface area contributed by atoms with Crippen molar-refractivity contribution in [1.29, 1.82) is 0 Å². The zero-order valence-electron chi connectivity index (χ0n) is 21.5. The molecule has 1 heterocycles. The molecule has 4 heteroatoms. The first kappa shape index (κ1) is 23.6. The molecule has 35 heavy (non-hydrogen) atoms. The van der Waals surface area contributed by atoms with Gasteiger partial charge >= 0.3 is 0 Å². The molecule has 2 aromatic carbocycles. The molecule has 4 nitrogen and oxygen atoms in total. The molecular weight excluding hydrogens is 434 g/mol. The van der Waals surface area contributed by atoms with Crippen LogP contribution < -0.4 is 10.1 Å². The highest BCUT2D eigenvalue weighted by Crippen LogP contribution is 2.51. The first-order valence-corrected chi connectivity index (χ1v) is 12.6. The van der Waals surface area contributed by atoms with Gasteiger partial charge < -0.3 is 10.1 Å². The molecule has 3 aliphatic rings. The Labute approximate surface area is 208 Å². The van der Waals surface area contributed by atoms with Crippen LogP contribution in [0.2, 0.25) is 0 Å². The van der Waals surface area contributed by atoms with E-state index in [2.05, 4.69) is 58.1 Å². The molecule has 0 radical (unpaired) electrons. The SMILES string of the molecule is Cc1cccc(COc2ccc(C3C4=C(CC(C)(C)CC4=O)NC4=C3C(=O)CC(C)(C)C4)cc2)c1. The van der Waals surface area contributed by atoms with Crippen molar-refractivity contribution in [2.45, 2.75) is 72.8 Å². The lowest BCUT2D eigenvalue weighted by molar-refractivity contribution is -0.119. The second-order valence-electron chi connectivity index (χ2n) is 12.1. The number of rotatable bonds is 4. The molecule has 0 fully saturated rings. The van der Waals surface area contributed by atoms with Crippen molar-refractivity contribution >= 4 is 11.6 Å². The Morgan fingerprint density at radius 3 is 1.94 bits per heavy atom. The van der Waals surface area contributed by atoms with E-state index in [1.807, 2.05) is 30.3 Å². The highest BCUT2D eigenvalue weighted by Gasteiger charge is 2.46. The number of carbonyl (C=O) groups excluding carboxylic acids is 2. The van der Waals surface area contributed by atoms with E-state index in [-0.39, 0.29) is 28.3 Å². The van der Waals surface area contributed by atoms with Crippen LogP contribution in [-0.2, 0) is 16.2 Å². The van der Waals surface area contributed by atoms with Crippen LogP contribution in [0.4, 0.5) is 0 Å². The van der Waals surface area contributed by atoms with E-state index < -0.39 is 0 Å². The van der Waals surface area contributed by atoms with E-state index in [1.54, 1.807) is 0 Å². The normalized spacial score (nSPS) is 21.4. The molecule has 0 saturated heterocycles. The fraction of sp³-hybridized carbons (Fsp3) is 0.419. The number of benzene rings is 2. The van der Waals surface area contributed by atoms with Gasteiger partial charge in [-0.15, -0.1) is 0 Å². The number of hydrogen-bond donors (Lipinski definition) is 1. The van der Waals surface area contributed by atoms with Gasteiger partial charge in [-0.2, -0.15) is 0 Å². The second kappa shape index (κ2) is 8.51. The number of ether oxygens (including phenoxy) is 1. The smallest absolute Gasteiger partial charge is 0.162 e. The van der Waals surface area contributed by atoms with Crippen LogP contribution in [0.3, 0.4) is 0 Å². The van der Waals surface area contributed by atoms with E-state index in [0.29, 0.717) is 19.4 Å². The Morgan fingerprint density at radius 2 is 1.40 bits per heavy atom. The van der Waals surface area contributed by atoms with Crippen molar-refractivity contribution in [1.82, 2.24) is 5.32 Å². The molecule has 0 saturated carbocycles. The number of dihydropyridines is 1. The van der Waals surface area contributed by atoms with Crippen LogP contribution in [0.1, 0.15) is 76.0 Å². The Bertz CT molecular complexity index is 1210. The third-order valence-electron chi connectivity index (χ3n) is 7.42. The molecule has 2 aromatic rings. The minimum atomic E-state index is -0.306. The van der Waals surface area contributed by atoms with Gasteiger partial charge in [-0.1, -0.05) is 69.7 Å². The third kappa shape index (κ3) is 4.71. The molecule has 0 unspecified atom stereocenters. The monoisotopic (exact) mass is 469 g/mol. The summed E-state index contributed by atoms with van der Waals surface area (Å²) in [6, 6.07) is 16.3. The maximum absolute atomic E-state index is 13.4. The molecule has 2 aliphatic carbocycles. The predicted molar refractivity (Wildman–Crippen MR) is 138 cm³/mol. The Hall–Kier alpha value is -3.14. The average Bonchev–Trinajstić information content (AvgIpc) is 2.75. The molecule has 0 bridgehead atoms. The molecular formula is C31H35NO3. The van der Waals surface area contributed by atoms with E-state index in [4.69, 9.17) is 4.74 Å². The topological polar surface area (TPSA) is 55.4 Å². The standard InChI is InChI=1S/C31H35NO3/c1-19-7-6-8-20(13-19)18-35-22-11-9-21(10-12-22)27-28-23(14-30(2,3)16-25(28)33)32-24-15-31(4,5)17-26(34)29(24)27/h6-13,27,32H,14-18H2,1-5H3. The van der Waals surface area contributed by atoms with Crippen LogP contribution in [-0.4, -0.2) is 11.6 Å². The molecule has 0 atom stereocenters. The van der Waals surface area contributed by atoms with Crippen molar-refractivity contribution in [2.75, 3.05) is 0 Å². The van der Waals surface area contributed by atoms with Gasteiger partial charge in [0.2, 0.25) is 0 Å². The Kier molecular flexibility index (Phi) is 5.74. The quantitative estimate of drug-likeness (QED) is 0.552. The van der Waals surface area contributed by atoms with Gasteiger partial charge in [0.15, 0.2) is 11.6 Å². The lowest BCUT2D eigenvalue weighted by atomic mass is 9.64. The van der Waals surface area contributed by atoms with Crippen molar-refractivity contribution < 1.29 is 14.3 Å². The van der Waals surface area contributed by atoms with Gasteiger partial charge in [0.05, 0.1) is 0 Å². The number of hydrogen-bond acceptors (Lipinski definition) is 4. The van der Waals surface area contributed by atoms with E-state index in [1.165, 1.54) is 5.56 Å². The lowest BCUT2D eigenvalue weighted by Gasteiger charge is -2.44. The second-order valence-corrected chi connectivity index (χ2v) is 12.1. The number of Topliss-reactive ketones (excluding diaryl/α,β-unsaturated/α-hetero) is 2. The summed E-state index contributed by atoms with van der Waals surface area (Å²) in [5, 5.41) is 3.58. The molecule has 182 valence electrons. The van der Waals surface area contributed by atoms with Crippen LogP contribution in [0.15, 0.2) is 71.1 Å². The fourth-order valence-electron chi connectivity index (χ4n) is 5.95. The van der Waals surface area contributed by atoms with Crippen molar-refractivity contribution in [3.63, 3.8) is 0 Å². The lowest BCUT2D eigenvalue weighted by Crippen LogP contribution is -2.42. The molecule has 0 aromatic heterocycles. The zero-order valence-corrected chi connectivity index (χ0v) is 21.5. The van der Waals surface area contributed by atoms with Crippen LogP contribution >= 0.6 is 0 Å². The minimum absolute atomic E-state index is 0.0901.